The predicted octanol–water partition coefficient (Wildman–Crippen LogP) is 2.62. The van der Waals surface area contributed by atoms with Crippen molar-refractivity contribution in [2.75, 3.05) is 13.2 Å². The third-order valence-electron chi connectivity index (χ3n) is 4.67. The SMILES string of the molecule is O=C(NC[C@@H]1C[C@H]1c1ccccc1)c1cc2c([nH]1)CCOC2. The van der Waals surface area contributed by atoms with Gasteiger partial charge < -0.3 is 15.0 Å². The summed E-state index contributed by atoms with van der Waals surface area (Å²) in [4.78, 5) is 15.5. The lowest BCUT2D eigenvalue weighted by Crippen LogP contribution is -2.26. The second kappa shape index (κ2) is 5.61. The molecule has 114 valence electrons. The summed E-state index contributed by atoms with van der Waals surface area (Å²) in [7, 11) is 0. The second-order valence-corrected chi connectivity index (χ2v) is 6.21. The molecule has 22 heavy (non-hydrogen) atoms. The van der Waals surface area contributed by atoms with Crippen LogP contribution in [-0.2, 0) is 17.8 Å². The van der Waals surface area contributed by atoms with Crippen molar-refractivity contribution in [2.45, 2.75) is 25.4 Å². The Morgan fingerprint density at radius 2 is 2.18 bits per heavy atom. The zero-order valence-electron chi connectivity index (χ0n) is 12.5. The Hall–Kier alpha value is -2.07. The minimum atomic E-state index is -0.00638. The highest BCUT2D eigenvalue weighted by Gasteiger charge is 2.38. The van der Waals surface area contributed by atoms with E-state index in [2.05, 4.69) is 34.6 Å². The van der Waals surface area contributed by atoms with Crippen molar-refractivity contribution in [1.29, 1.82) is 0 Å². The van der Waals surface area contributed by atoms with E-state index in [1.54, 1.807) is 0 Å². The molecule has 1 aliphatic heterocycles. The summed E-state index contributed by atoms with van der Waals surface area (Å²) < 4.78 is 5.41. The Kier molecular flexibility index (Phi) is 3.47. The lowest BCUT2D eigenvalue weighted by molar-refractivity contribution is 0.0947. The lowest BCUT2D eigenvalue weighted by atomic mass is 10.1. The van der Waals surface area contributed by atoms with Crippen molar-refractivity contribution in [3.63, 3.8) is 0 Å². The van der Waals surface area contributed by atoms with Crippen molar-refractivity contribution in [3.8, 4) is 0 Å². The first kappa shape index (κ1) is 13.6. The van der Waals surface area contributed by atoms with Gasteiger partial charge in [-0.1, -0.05) is 30.3 Å². The van der Waals surface area contributed by atoms with Crippen LogP contribution in [-0.4, -0.2) is 24.0 Å². The molecule has 2 aliphatic rings. The Morgan fingerprint density at radius 3 is 3.00 bits per heavy atom. The Morgan fingerprint density at radius 1 is 1.32 bits per heavy atom. The molecule has 4 heteroatoms. The summed E-state index contributed by atoms with van der Waals surface area (Å²) in [6.07, 6.45) is 2.03. The summed E-state index contributed by atoms with van der Waals surface area (Å²) in [6.45, 7) is 2.09. The average molecular weight is 296 g/mol. The number of H-pyrrole nitrogens is 1. The largest absolute Gasteiger partial charge is 0.376 e. The smallest absolute Gasteiger partial charge is 0.267 e. The number of fused-ring (bicyclic) bond motifs is 1. The average Bonchev–Trinajstić information content (AvgIpc) is 3.21. The van der Waals surface area contributed by atoms with Gasteiger partial charge in [-0.15, -0.1) is 0 Å². The Bertz CT molecular complexity index is 654. The fourth-order valence-electron chi connectivity index (χ4n) is 3.27. The summed E-state index contributed by atoms with van der Waals surface area (Å²) >= 11 is 0. The van der Waals surface area contributed by atoms with Gasteiger partial charge in [-0.05, 0) is 35.4 Å². The highest BCUT2D eigenvalue weighted by atomic mass is 16.5. The van der Waals surface area contributed by atoms with Gasteiger partial charge in [0.2, 0.25) is 0 Å². The van der Waals surface area contributed by atoms with Crippen molar-refractivity contribution in [2.24, 2.45) is 5.92 Å². The van der Waals surface area contributed by atoms with E-state index in [1.807, 2.05) is 12.1 Å². The first-order valence-corrected chi connectivity index (χ1v) is 7.93. The van der Waals surface area contributed by atoms with Gasteiger partial charge in [-0.25, -0.2) is 0 Å². The molecule has 4 rings (SSSR count). The van der Waals surface area contributed by atoms with Crippen molar-refractivity contribution in [3.05, 3.63) is 58.9 Å². The van der Waals surface area contributed by atoms with Gasteiger partial charge >= 0.3 is 0 Å². The molecule has 0 bridgehead atoms. The zero-order valence-corrected chi connectivity index (χ0v) is 12.5. The summed E-state index contributed by atoms with van der Waals surface area (Å²) in [5.74, 6) is 1.17. The monoisotopic (exact) mass is 296 g/mol. The van der Waals surface area contributed by atoms with Crippen molar-refractivity contribution < 1.29 is 9.53 Å². The molecule has 1 aliphatic carbocycles. The van der Waals surface area contributed by atoms with Gasteiger partial charge in [-0.2, -0.15) is 0 Å². The van der Waals surface area contributed by atoms with Crippen LogP contribution < -0.4 is 5.32 Å². The molecule has 2 aromatic rings. The zero-order chi connectivity index (χ0) is 14.9. The van der Waals surface area contributed by atoms with E-state index in [4.69, 9.17) is 4.74 Å². The summed E-state index contributed by atoms with van der Waals surface area (Å²) in [6, 6.07) is 12.5. The normalized spacial score (nSPS) is 22.9. The third-order valence-corrected chi connectivity index (χ3v) is 4.67. The van der Waals surface area contributed by atoms with E-state index in [0.717, 1.165) is 30.8 Å². The minimum Gasteiger partial charge on any atom is -0.376 e. The number of benzene rings is 1. The molecule has 1 aromatic carbocycles. The molecule has 0 spiro atoms. The second-order valence-electron chi connectivity index (χ2n) is 6.21. The quantitative estimate of drug-likeness (QED) is 0.911. The van der Waals surface area contributed by atoms with Gasteiger partial charge in [0.25, 0.3) is 5.91 Å². The number of carbonyl (C=O) groups is 1. The third kappa shape index (κ3) is 2.66. The maximum absolute atomic E-state index is 12.3. The predicted molar refractivity (Wildman–Crippen MR) is 83.8 cm³/mol. The molecule has 0 unspecified atom stereocenters. The highest BCUT2D eigenvalue weighted by Crippen LogP contribution is 2.46. The van der Waals surface area contributed by atoms with Crippen LogP contribution in [0.25, 0.3) is 0 Å². The van der Waals surface area contributed by atoms with E-state index < -0.39 is 0 Å². The van der Waals surface area contributed by atoms with Crippen molar-refractivity contribution in [1.82, 2.24) is 10.3 Å². The number of carbonyl (C=O) groups excluding carboxylic acids is 1. The van der Waals surface area contributed by atoms with E-state index in [1.165, 1.54) is 12.0 Å². The van der Waals surface area contributed by atoms with E-state index in [-0.39, 0.29) is 5.91 Å². The number of amides is 1. The molecule has 2 N–H and O–H groups in total. The molecule has 1 fully saturated rings. The minimum absolute atomic E-state index is 0.00638. The molecule has 0 saturated heterocycles. The van der Waals surface area contributed by atoms with Crippen molar-refractivity contribution >= 4 is 5.91 Å². The molecular formula is C18H20N2O2. The van der Waals surface area contributed by atoms with Crippen LogP contribution in [0.2, 0.25) is 0 Å². The van der Waals surface area contributed by atoms with Crippen LogP contribution in [0.1, 0.15) is 39.6 Å². The number of hydrogen-bond acceptors (Lipinski definition) is 2. The van der Waals surface area contributed by atoms with E-state index >= 15 is 0 Å². The number of rotatable bonds is 4. The topological polar surface area (TPSA) is 54.1 Å². The van der Waals surface area contributed by atoms with Crippen LogP contribution >= 0.6 is 0 Å². The van der Waals surface area contributed by atoms with Crippen LogP contribution in [0.5, 0.6) is 0 Å². The Balaban J connectivity index is 1.33. The summed E-state index contributed by atoms with van der Waals surface area (Å²) in [5.41, 5.74) is 4.30. The number of ether oxygens (including phenoxy) is 1. The van der Waals surface area contributed by atoms with Crippen LogP contribution in [0, 0.1) is 5.92 Å². The number of aromatic amines is 1. The first-order chi connectivity index (χ1) is 10.8. The maximum atomic E-state index is 12.3. The van der Waals surface area contributed by atoms with Gasteiger partial charge in [0.1, 0.15) is 5.69 Å². The summed E-state index contributed by atoms with van der Waals surface area (Å²) in [5, 5.41) is 3.06. The molecule has 1 saturated carbocycles. The molecule has 1 amide bonds. The van der Waals surface area contributed by atoms with E-state index in [0.29, 0.717) is 24.1 Å². The van der Waals surface area contributed by atoms with E-state index in [9.17, 15) is 4.79 Å². The fraction of sp³-hybridized carbons (Fsp3) is 0.389. The highest BCUT2D eigenvalue weighted by molar-refractivity contribution is 5.92. The van der Waals surface area contributed by atoms with Gasteiger partial charge in [-0.3, -0.25) is 4.79 Å². The number of nitrogens with one attached hydrogen (secondary N) is 2. The Labute approximate surface area is 129 Å². The van der Waals surface area contributed by atoms with Crippen LogP contribution in [0.3, 0.4) is 0 Å². The number of aromatic nitrogens is 1. The molecular weight excluding hydrogens is 276 g/mol. The molecule has 4 nitrogen and oxygen atoms in total. The van der Waals surface area contributed by atoms with Crippen LogP contribution in [0.4, 0.5) is 0 Å². The van der Waals surface area contributed by atoms with Gasteiger partial charge in [0.15, 0.2) is 0 Å². The maximum Gasteiger partial charge on any atom is 0.267 e. The molecule has 0 radical (unpaired) electrons. The fourth-order valence-corrected chi connectivity index (χ4v) is 3.27. The lowest BCUT2D eigenvalue weighted by Gasteiger charge is -2.10. The van der Waals surface area contributed by atoms with Gasteiger partial charge in [0.05, 0.1) is 13.2 Å². The molecule has 2 heterocycles. The van der Waals surface area contributed by atoms with Gasteiger partial charge in [0, 0.05) is 18.7 Å². The molecule has 2 atom stereocenters. The molecule has 1 aromatic heterocycles. The standard InChI is InChI=1S/C18H20N2O2/c21-18(17-9-14-11-22-7-6-16(14)20-17)19-10-13-8-15(13)12-4-2-1-3-5-12/h1-5,9,13,15,20H,6-8,10-11H2,(H,19,21)/t13-,15-/m0/s1. The first-order valence-electron chi connectivity index (χ1n) is 7.93. The van der Waals surface area contributed by atoms with Crippen LogP contribution in [0.15, 0.2) is 36.4 Å². The number of hydrogen-bond donors (Lipinski definition) is 2.